The Labute approximate surface area is 99.1 Å². The Hall–Kier alpha value is -0.730. The highest BCUT2D eigenvalue weighted by Crippen LogP contribution is 2.23. The topological polar surface area (TPSA) is 48.7 Å². The van der Waals surface area contributed by atoms with Gasteiger partial charge in [0, 0.05) is 6.54 Å². The summed E-state index contributed by atoms with van der Waals surface area (Å²) in [6, 6.07) is 2.18. The molecule has 0 saturated heterocycles. The molecule has 0 unspecified atom stereocenters. The molecule has 1 aromatic heterocycles. The minimum absolute atomic E-state index is 0.699. The maximum atomic E-state index is 8.90. The van der Waals surface area contributed by atoms with Crippen LogP contribution in [0.1, 0.15) is 24.1 Å². The van der Waals surface area contributed by atoms with E-state index in [1.54, 1.807) is 0 Å². The zero-order valence-electron chi connectivity index (χ0n) is 9.04. The first kappa shape index (κ1) is 12.3. The zero-order valence-corrected chi connectivity index (χ0v) is 10.7. The standard InChI is InChI=1S/C10H15N3S2/c1-8-9(7-11)10(15-13-8)12-5-3-4-6-14-2/h12H,3-6H2,1-2H3. The Balaban J connectivity index is 2.35. The monoisotopic (exact) mass is 241 g/mol. The van der Waals surface area contributed by atoms with Crippen LogP contribution >= 0.6 is 23.3 Å². The van der Waals surface area contributed by atoms with Crippen molar-refractivity contribution in [3.05, 3.63) is 11.3 Å². The van der Waals surface area contributed by atoms with E-state index in [0.717, 1.165) is 23.7 Å². The predicted molar refractivity (Wildman–Crippen MR) is 67.7 cm³/mol. The number of aryl methyl sites for hydroxylation is 1. The molecule has 0 aliphatic heterocycles. The van der Waals surface area contributed by atoms with E-state index in [9.17, 15) is 0 Å². The quantitative estimate of drug-likeness (QED) is 0.778. The smallest absolute Gasteiger partial charge is 0.127 e. The third-order valence-electron chi connectivity index (χ3n) is 2.04. The number of thioether (sulfide) groups is 1. The summed E-state index contributed by atoms with van der Waals surface area (Å²) in [4.78, 5) is 0. The van der Waals surface area contributed by atoms with E-state index < -0.39 is 0 Å². The number of hydrogen-bond donors (Lipinski definition) is 1. The molecule has 1 N–H and O–H groups in total. The third kappa shape index (κ3) is 3.73. The molecular weight excluding hydrogens is 226 g/mol. The van der Waals surface area contributed by atoms with Gasteiger partial charge in [-0.25, -0.2) is 0 Å². The van der Waals surface area contributed by atoms with Crippen molar-refractivity contribution in [1.82, 2.24) is 4.37 Å². The first-order valence-corrected chi connectivity index (χ1v) is 7.05. The summed E-state index contributed by atoms with van der Waals surface area (Å²) in [6.45, 7) is 2.80. The number of nitriles is 1. The summed E-state index contributed by atoms with van der Waals surface area (Å²) in [7, 11) is 0. The Kier molecular flexibility index (Phi) is 5.51. The lowest BCUT2D eigenvalue weighted by Crippen LogP contribution is -2.01. The Morgan fingerprint density at radius 3 is 3.00 bits per heavy atom. The van der Waals surface area contributed by atoms with Crippen LogP contribution in [-0.4, -0.2) is 22.9 Å². The van der Waals surface area contributed by atoms with Crippen LogP contribution in [0.15, 0.2) is 0 Å². The molecule has 0 aliphatic rings. The molecule has 1 rings (SSSR count). The second-order valence-corrected chi connectivity index (χ2v) is 4.97. The van der Waals surface area contributed by atoms with Gasteiger partial charge in [-0.3, -0.25) is 0 Å². The third-order valence-corrected chi connectivity index (χ3v) is 3.63. The van der Waals surface area contributed by atoms with Crippen LogP contribution in [-0.2, 0) is 0 Å². The lowest BCUT2D eigenvalue weighted by atomic mass is 10.2. The molecule has 3 nitrogen and oxygen atoms in total. The summed E-state index contributed by atoms with van der Waals surface area (Å²) in [5.74, 6) is 1.20. The summed E-state index contributed by atoms with van der Waals surface area (Å²) in [5, 5.41) is 13.1. The van der Waals surface area contributed by atoms with Crippen molar-refractivity contribution in [3.8, 4) is 6.07 Å². The normalized spacial score (nSPS) is 9.93. The number of nitrogens with zero attached hydrogens (tertiary/aromatic N) is 2. The van der Waals surface area contributed by atoms with E-state index in [1.165, 1.54) is 23.7 Å². The molecule has 0 amide bonds. The molecule has 0 spiro atoms. The van der Waals surface area contributed by atoms with E-state index in [-0.39, 0.29) is 0 Å². The molecule has 1 heterocycles. The van der Waals surface area contributed by atoms with E-state index in [4.69, 9.17) is 5.26 Å². The van der Waals surface area contributed by atoms with Gasteiger partial charge in [0.1, 0.15) is 16.6 Å². The van der Waals surface area contributed by atoms with Gasteiger partial charge in [0.15, 0.2) is 0 Å². The SMILES string of the molecule is CSCCCCNc1snc(C)c1C#N. The van der Waals surface area contributed by atoms with Gasteiger partial charge >= 0.3 is 0 Å². The highest BCUT2D eigenvalue weighted by Gasteiger charge is 2.08. The van der Waals surface area contributed by atoms with Gasteiger partial charge in [-0.1, -0.05) is 0 Å². The fraction of sp³-hybridized carbons (Fsp3) is 0.600. The van der Waals surface area contributed by atoms with Crippen molar-refractivity contribution < 1.29 is 0 Å². The zero-order chi connectivity index (χ0) is 11.1. The van der Waals surface area contributed by atoms with Gasteiger partial charge in [0.2, 0.25) is 0 Å². The summed E-state index contributed by atoms with van der Waals surface area (Å²) < 4.78 is 4.16. The first-order chi connectivity index (χ1) is 7.29. The van der Waals surface area contributed by atoms with E-state index in [1.807, 2.05) is 18.7 Å². The van der Waals surface area contributed by atoms with Crippen LogP contribution in [0.25, 0.3) is 0 Å². The Morgan fingerprint density at radius 2 is 2.33 bits per heavy atom. The molecule has 0 saturated carbocycles. The number of nitrogens with one attached hydrogen (secondary N) is 1. The second kappa shape index (κ2) is 6.70. The van der Waals surface area contributed by atoms with E-state index >= 15 is 0 Å². The maximum Gasteiger partial charge on any atom is 0.127 e. The number of hydrogen-bond acceptors (Lipinski definition) is 5. The van der Waals surface area contributed by atoms with Crippen molar-refractivity contribution in [2.45, 2.75) is 19.8 Å². The molecule has 82 valence electrons. The second-order valence-electron chi connectivity index (χ2n) is 3.21. The lowest BCUT2D eigenvalue weighted by molar-refractivity contribution is 0.845. The lowest BCUT2D eigenvalue weighted by Gasteiger charge is -2.02. The molecule has 0 atom stereocenters. The van der Waals surface area contributed by atoms with Crippen molar-refractivity contribution in [2.24, 2.45) is 0 Å². The largest absolute Gasteiger partial charge is 0.375 e. The average molecular weight is 241 g/mol. The van der Waals surface area contributed by atoms with Crippen LogP contribution < -0.4 is 5.32 Å². The molecule has 0 radical (unpaired) electrons. The number of anilines is 1. The van der Waals surface area contributed by atoms with Gasteiger partial charge in [0.25, 0.3) is 0 Å². The van der Waals surface area contributed by atoms with Gasteiger partial charge in [-0.2, -0.15) is 21.4 Å². The minimum atomic E-state index is 0.699. The Morgan fingerprint density at radius 1 is 1.53 bits per heavy atom. The molecule has 15 heavy (non-hydrogen) atoms. The summed E-state index contributed by atoms with van der Waals surface area (Å²) in [5.41, 5.74) is 1.53. The predicted octanol–water partition coefficient (Wildman–Crippen LogP) is 2.88. The minimum Gasteiger partial charge on any atom is -0.375 e. The van der Waals surface area contributed by atoms with Gasteiger partial charge < -0.3 is 5.32 Å². The number of aromatic nitrogens is 1. The van der Waals surface area contributed by atoms with Crippen LogP contribution in [0, 0.1) is 18.3 Å². The molecule has 0 fully saturated rings. The van der Waals surface area contributed by atoms with Crippen molar-refractivity contribution in [1.29, 1.82) is 5.26 Å². The van der Waals surface area contributed by atoms with Crippen molar-refractivity contribution >= 4 is 28.3 Å². The highest BCUT2D eigenvalue weighted by atomic mass is 32.2. The highest BCUT2D eigenvalue weighted by molar-refractivity contribution is 7.98. The maximum absolute atomic E-state index is 8.90. The van der Waals surface area contributed by atoms with Crippen LogP contribution in [0.2, 0.25) is 0 Å². The van der Waals surface area contributed by atoms with Crippen LogP contribution in [0.3, 0.4) is 0 Å². The Bertz CT molecular complexity index is 341. The van der Waals surface area contributed by atoms with E-state index in [2.05, 4.69) is 22.0 Å². The molecule has 0 aromatic carbocycles. The fourth-order valence-electron chi connectivity index (χ4n) is 1.20. The van der Waals surface area contributed by atoms with Crippen molar-refractivity contribution in [3.63, 3.8) is 0 Å². The first-order valence-electron chi connectivity index (χ1n) is 4.88. The van der Waals surface area contributed by atoms with E-state index in [0.29, 0.717) is 5.56 Å². The summed E-state index contributed by atoms with van der Waals surface area (Å²) >= 11 is 3.25. The molecule has 0 bridgehead atoms. The van der Waals surface area contributed by atoms with Crippen LogP contribution in [0.5, 0.6) is 0 Å². The molecule has 0 aliphatic carbocycles. The fourth-order valence-corrected chi connectivity index (χ4v) is 2.46. The van der Waals surface area contributed by atoms with Gasteiger partial charge in [-0.15, -0.1) is 0 Å². The number of rotatable bonds is 6. The average Bonchev–Trinajstić information content (AvgIpc) is 2.59. The molecule has 1 aromatic rings. The van der Waals surface area contributed by atoms with Crippen molar-refractivity contribution in [2.75, 3.05) is 23.9 Å². The molecule has 5 heteroatoms. The van der Waals surface area contributed by atoms with Gasteiger partial charge in [0.05, 0.1) is 5.69 Å². The van der Waals surface area contributed by atoms with Gasteiger partial charge in [-0.05, 0) is 43.3 Å². The molecular formula is C10H15N3S2. The summed E-state index contributed by atoms with van der Waals surface area (Å²) in [6.07, 6.45) is 4.48. The van der Waals surface area contributed by atoms with Crippen LogP contribution in [0.4, 0.5) is 5.00 Å². The number of unbranched alkanes of at least 4 members (excludes halogenated alkanes) is 1.